The molecule has 0 saturated heterocycles. The van der Waals surface area contributed by atoms with Gasteiger partial charge in [0.1, 0.15) is 11.3 Å². The van der Waals surface area contributed by atoms with E-state index < -0.39 is 22.6 Å². The molecule has 4 nitrogen and oxygen atoms in total. The number of nitro groups is 1. The number of pyridine rings is 1. The molecule has 7 heteroatoms. The van der Waals surface area contributed by atoms with Crippen LogP contribution < -0.4 is 0 Å². The van der Waals surface area contributed by atoms with Crippen LogP contribution in [0.5, 0.6) is 0 Å². The van der Waals surface area contributed by atoms with E-state index in [0.717, 1.165) is 6.20 Å². The summed E-state index contributed by atoms with van der Waals surface area (Å²) in [6.45, 7) is 1.32. The molecule has 14 heavy (non-hydrogen) atoms. The zero-order valence-electron chi connectivity index (χ0n) is 7.00. The number of hydrogen-bond acceptors (Lipinski definition) is 3. The highest BCUT2D eigenvalue weighted by molar-refractivity contribution is 9.10. The normalized spacial score (nSPS) is 10.6. The standard InChI is InChI=1S/C7H5BrF2N2O2/c1-3-6(12(13)14)5(7(9)10)4(8)2-11-3/h2,7H,1H3. The van der Waals surface area contributed by atoms with Crippen molar-refractivity contribution in [3.05, 3.63) is 32.0 Å². The second-order valence-corrected chi connectivity index (χ2v) is 3.37. The smallest absolute Gasteiger partial charge is 0.258 e. The fourth-order valence-corrected chi connectivity index (χ4v) is 1.49. The van der Waals surface area contributed by atoms with Crippen LogP contribution in [0.1, 0.15) is 17.7 Å². The van der Waals surface area contributed by atoms with Gasteiger partial charge in [-0.2, -0.15) is 0 Å². The third-order valence-electron chi connectivity index (χ3n) is 1.63. The maximum atomic E-state index is 12.5. The lowest BCUT2D eigenvalue weighted by molar-refractivity contribution is -0.387. The van der Waals surface area contributed by atoms with Gasteiger partial charge in [-0.1, -0.05) is 0 Å². The quantitative estimate of drug-likeness (QED) is 0.611. The number of hydrogen-bond donors (Lipinski definition) is 0. The second-order valence-electron chi connectivity index (χ2n) is 2.51. The highest BCUT2D eigenvalue weighted by atomic mass is 79.9. The lowest BCUT2D eigenvalue weighted by Gasteiger charge is -2.05. The van der Waals surface area contributed by atoms with Gasteiger partial charge < -0.3 is 0 Å². The summed E-state index contributed by atoms with van der Waals surface area (Å²) < 4.78 is 24.9. The van der Waals surface area contributed by atoms with Gasteiger partial charge >= 0.3 is 0 Å². The Balaban J connectivity index is 3.50. The molecular formula is C7H5BrF2N2O2. The van der Waals surface area contributed by atoms with Crippen molar-refractivity contribution in [2.45, 2.75) is 13.3 Å². The van der Waals surface area contributed by atoms with E-state index in [1.807, 2.05) is 0 Å². The number of halogens is 3. The Labute approximate surface area is 86.2 Å². The largest absolute Gasteiger partial charge is 0.300 e. The summed E-state index contributed by atoms with van der Waals surface area (Å²) in [5.74, 6) is 0. The summed E-state index contributed by atoms with van der Waals surface area (Å²) in [6, 6.07) is 0. The lowest BCUT2D eigenvalue weighted by atomic mass is 10.2. The van der Waals surface area contributed by atoms with Gasteiger partial charge in [-0.3, -0.25) is 15.1 Å². The Bertz CT molecular complexity index is 384. The maximum Gasteiger partial charge on any atom is 0.300 e. The van der Waals surface area contributed by atoms with Crippen LogP contribution in [-0.2, 0) is 0 Å². The summed E-state index contributed by atoms with van der Waals surface area (Å²) in [5.41, 5.74) is -1.27. The summed E-state index contributed by atoms with van der Waals surface area (Å²) >= 11 is 2.80. The Kier molecular flexibility index (Phi) is 3.10. The van der Waals surface area contributed by atoms with Crippen LogP contribution in [0.25, 0.3) is 0 Å². The van der Waals surface area contributed by atoms with Crippen molar-refractivity contribution in [3.8, 4) is 0 Å². The van der Waals surface area contributed by atoms with Gasteiger partial charge in [0.15, 0.2) is 0 Å². The predicted octanol–water partition coefficient (Wildman–Crippen LogP) is 3.00. The van der Waals surface area contributed by atoms with Crippen LogP contribution >= 0.6 is 15.9 Å². The average Bonchev–Trinajstić information content (AvgIpc) is 2.07. The van der Waals surface area contributed by atoms with E-state index in [1.54, 1.807) is 0 Å². The predicted molar refractivity (Wildman–Crippen MR) is 48.3 cm³/mol. The molecule has 0 spiro atoms. The fraction of sp³-hybridized carbons (Fsp3) is 0.286. The highest BCUT2D eigenvalue weighted by Crippen LogP contribution is 2.35. The number of nitrogens with zero attached hydrogens (tertiary/aromatic N) is 2. The minimum atomic E-state index is -2.90. The molecule has 0 N–H and O–H groups in total. The molecule has 0 fully saturated rings. The Morgan fingerprint density at radius 1 is 1.64 bits per heavy atom. The third-order valence-corrected chi connectivity index (χ3v) is 2.26. The van der Waals surface area contributed by atoms with E-state index in [1.165, 1.54) is 6.92 Å². The molecule has 0 aliphatic carbocycles. The summed E-state index contributed by atoms with van der Waals surface area (Å²) in [5, 5.41) is 10.5. The number of aromatic nitrogens is 1. The minimum absolute atomic E-state index is 0.0199. The van der Waals surface area contributed by atoms with E-state index in [0.29, 0.717) is 0 Å². The first-order valence-electron chi connectivity index (χ1n) is 3.52. The van der Waals surface area contributed by atoms with Gasteiger partial charge in [-0.25, -0.2) is 8.78 Å². The van der Waals surface area contributed by atoms with Gasteiger partial charge in [0.05, 0.1) is 9.40 Å². The van der Waals surface area contributed by atoms with Gasteiger partial charge in [-0.15, -0.1) is 0 Å². The molecule has 1 aromatic rings. The molecule has 0 unspecified atom stereocenters. The molecular weight excluding hydrogens is 262 g/mol. The van der Waals surface area contributed by atoms with Crippen LogP contribution in [0.15, 0.2) is 10.7 Å². The van der Waals surface area contributed by atoms with Crippen molar-refractivity contribution in [1.29, 1.82) is 0 Å². The fourth-order valence-electron chi connectivity index (χ4n) is 1.03. The van der Waals surface area contributed by atoms with Crippen molar-refractivity contribution < 1.29 is 13.7 Å². The van der Waals surface area contributed by atoms with Gasteiger partial charge in [0.2, 0.25) is 0 Å². The van der Waals surface area contributed by atoms with Crippen LogP contribution in [0.3, 0.4) is 0 Å². The van der Waals surface area contributed by atoms with Gasteiger partial charge in [0, 0.05) is 6.20 Å². The molecule has 0 aromatic carbocycles. The first-order valence-corrected chi connectivity index (χ1v) is 4.32. The van der Waals surface area contributed by atoms with Crippen LogP contribution in [0.2, 0.25) is 0 Å². The summed E-state index contributed by atoms with van der Waals surface area (Å²) in [7, 11) is 0. The summed E-state index contributed by atoms with van der Waals surface area (Å²) in [4.78, 5) is 13.3. The Morgan fingerprint density at radius 2 is 2.21 bits per heavy atom. The molecule has 1 heterocycles. The third kappa shape index (κ3) is 1.87. The van der Waals surface area contributed by atoms with E-state index in [-0.39, 0.29) is 10.2 Å². The zero-order valence-corrected chi connectivity index (χ0v) is 8.59. The van der Waals surface area contributed by atoms with Crippen molar-refractivity contribution in [2.75, 3.05) is 0 Å². The van der Waals surface area contributed by atoms with E-state index in [4.69, 9.17) is 0 Å². The molecule has 0 bridgehead atoms. The topological polar surface area (TPSA) is 56.0 Å². The number of aryl methyl sites for hydroxylation is 1. The number of alkyl halides is 2. The molecule has 0 amide bonds. The first kappa shape index (κ1) is 11.0. The second kappa shape index (κ2) is 3.95. The molecule has 0 aliphatic heterocycles. The van der Waals surface area contributed by atoms with Crippen LogP contribution in [0, 0.1) is 17.0 Å². The highest BCUT2D eigenvalue weighted by Gasteiger charge is 2.27. The molecule has 76 valence electrons. The van der Waals surface area contributed by atoms with Crippen LogP contribution in [0.4, 0.5) is 14.5 Å². The van der Waals surface area contributed by atoms with Crippen LogP contribution in [-0.4, -0.2) is 9.91 Å². The van der Waals surface area contributed by atoms with E-state index in [9.17, 15) is 18.9 Å². The summed E-state index contributed by atoms with van der Waals surface area (Å²) in [6.07, 6.45) is -1.77. The van der Waals surface area contributed by atoms with E-state index in [2.05, 4.69) is 20.9 Å². The SMILES string of the molecule is Cc1ncc(Br)c(C(F)F)c1[N+](=O)[O-]. The zero-order chi connectivity index (χ0) is 10.9. The van der Waals surface area contributed by atoms with Gasteiger partial charge in [-0.05, 0) is 22.9 Å². The van der Waals surface area contributed by atoms with Crippen molar-refractivity contribution in [3.63, 3.8) is 0 Å². The number of rotatable bonds is 2. The Morgan fingerprint density at radius 3 is 2.57 bits per heavy atom. The van der Waals surface area contributed by atoms with Crippen molar-refractivity contribution in [1.82, 2.24) is 4.98 Å². The Hall–Kier alpha value is -1.11. The molecule has 0 saturated carbocycles. The first-order chi connectivity index (χ1) is 6.45. The molecule has 1 aromatic heterocycles. The maximum absolute atomic E-state index is 12.5. The van der Waals surface area contributed by atoms with Gasteiger partial charge in [0.25, 0.3) is 12.1 Å². The van der Waals surface area contributed by atoms with Crippen molar-refractivity contribution >= 4 is 21.6 Å². The molecule has 0 radical (unpaired) electrons. The molecule has 0 atom stereocenters. The average molecular weight is 267 g/mol. The lowest BCUT2D eigenvalue weighted by Crippen LogP contribution is -2.01. The van der Waals surface area contributed by atoms with E-state index >= 15 is 0 Å². The molecule has 1 rings (SSSR count). The monoisotopic (exact) mass is 266 g/mol. The molecule has 0 aliphatic rings. The minimum Gasteiger partial charge on any atom is -0.258 e. The van der Waals surface area contributed by atoms with Crippen molar-refractivity contribution in [2.24, 2.45) is 0 Å².